The third kappa shape index (κ3) is 2.78. The van der Waals surface area contributed by atoms with Crippen LogP contribution in [0.1, 0.15) is 12.5 Å². The van der Waals surface area contributed by atoms with Crippen LogP contribution in [0.15, 0.2) is 30.3 Å². The molecule has 0 aliphatic heterocycles. The summed E-state index contributed by atoms with van der Waals surface area (Å²) in [7, 11) is 1.64. The molecule has 1 rings (SSSR count). The fourth-order valence-electron chi connectivity index (χ4n) is 1.77. The van der Waals surface area contributed by atoms with E-state index in [1.807, 2.05) is 37.3 Å². The van der Waals surface area contributed by atoms with Crippen molar-refractivity contribution >= 4 is 0 Å². The zero-order valence-electron chi connectivity index (χ0n) is 9.36. The summed E-state index contributed by atoms with van der Waals surface area (Å²) in [6.07, 6.45) is 0. The molecule has 0 aromatic heterocycles. The number of benzene rings is 1. The second kappa shape index (κ2) is 5.85. The molecule has 0 amide bonds. The van der Waals surface area contributed by atoms with Crippen molar-refractivity contribution in [3.63, 3.8) is 0 Å². The van der Waals surface area contributed by atoms with Crippen molar-refractivity contribution in [2.75, 3.05) is 26.9 Å². The number of hydrogen-bond donors (Lipinski definition) is 2. The van der Waals surface area contributed by atoms with Crippen LogP contribution >= 0.6 is 0 Å². The summed E-state index contributed by atoms with van der Waals surface area (Å²) in [4.78, 5) is 0. The van der Waals surface area contributed by atoms with Crippen LogP contribution in [0.25, 0.3) is 0 Å². The average Bonchev–Trinajstić information content (AvgIpc) is 2.30. The Labute approximate surface area is 91.1 Å². The second-order valence-electron chi connectivity index (χ2n) is 3.57. The SMILES string of the molecule is CCNC(CO)(COC)c1ccccc1. The van der Waals surface area contributed by atoms with E-state index in [4.69, 9.17) is 4.74 Å². The van der Waals surface area contributed by atoms with Crippen molar-refractivity contribution < 1.29 is 9.84 Å². The average molecular weight is 209 g/mol. The van der Waals surface area contributed by atoms with Crippen LogP contribution < -0.4 is 5.32 Å². The van der Waals surface area contributed by atoms with E-state index < -0.39 is 5.54 Å². The third-order valence-corrected chi connectivity index (χ3v) is 2.50. The van der Waals surface area contributed by atoms with E-state index in [-0.39, 0.29) is 6.61 Å². The van der Waals surface area contributed by atoms with Crippen molar-refractivity contribution in [1.82, 2.24) is 5.32 Å². The highest BCUT2D eigenvalue weighted by atomic mass is 16.5. The second-order valence-corrected chi connectivity index (χ2v) is 3.57. The van der Waals surface area contributed by atoms with Gasteiger partial charge in [-0.05, 0) is 12.1 Å². The molecule has 0 aliphatic carbocycles. The summed E-state index contributed by atoms with van der Waals surface area (Å²) in [5, 5.41) is 12.8. The Morgan fingerprint density at radius 3 is 2.47 bits per heavy atom. The van der Waals surface area contributed by atoms with Gasteiger partial charge in [-0.3, -0.25) is 0 Å². The van der Waals surface area contributed by atoms with Gasteiger partial charge in [0.15, 0.2) is 0 Å². The maximum Gasteiger partial charge on any atom is 0.0905 e. The molecule has 3 nitrogen and oxygen atoms in total. The molecule has 2 N–H and O–H groups in total. The molecule has 0 saturated heterocycles. The number of hydrogen-bond acceptors (Lipinski definition) is 3. The van der Waals surface area contributed by atoms with E-state index in [2.05, 4.69) is 5.32 Å². The maximum atomic E-state index is 9.55. The molecule has 0 heterocycles. The lowest BCUT2D eigenvalue weighted by Gasteiger charge is -2.32. The summed E-state index contributed by atoms with van der Waals surface area (Å²) in [6, 6.07) is 9.89. The fraction of sp³-hybridized carbons (Fsp3) is 0.500. The van der Waals surface area contributed by atoms with E-state index in [0.29, 0.717) is 6.61 Å². The van der Waals surface area contributed by atoms with Gasteiger partial charge in [-0.1, -0.05) is 37.3 Å². The number of likely N-dealkylation sites (N-methyl/N-ethyl adjacent to an activating group) is 1. The number of aliphatic hydroxyl groups excluding tert-OH is 1. The first-order valence-electron chi connectivity index (χ1n) is 5.19. The van der Waals surface area contributed by atoms with Crippen LogP contribution in [-0.2, 0) is 10.3 Å². The highest BCUT2D eigenvalue weighted by Crippen LogP contribution is 2.20. The fourth-order valence-corrected chi connectivity index (χ4v) is 1.77. The lowest BCUT2D eigenvalue weighted by molar-refractivity contribution is 0.0617. The molecular weight excluding hydrogens is 190 g/mol. The Hall–Kier alpha value is -0.900. The third-order valence-electron chi connectivity index (χ3n) is 2.50. The highest BCUT2D eigenvalue weighted by molar-refractivity contribution is 5.24. The molecule has 0 fully saturated rings. The number of rotatable bonds is 6. The first-order valence-corrected chi connectivity index (χ1v) is 5.19. The van der Waals surface area contributed by atoms with Crippen LogP contribution in [-0.4, -0.2) is 32.0 Å². The molecule has 1 aromatic rings. The minimum atomic E-state index is -0.481. The molecule has 0 radical (unpaired) electrons. The summed E-state index contributed by atoms with van der Waals surface area (Å²) in [5.41, 5.74) is 0.571. The number of nitrogens with one attached hydrogen (secondary N) is 1. The standard InChI is InChI=1S/C12H19NO2/c1-3-13-12(9-14,10-15-2)11-7-5-4-6-8-11/h4-8,13-14H,3,9-10H2,1-2H3. The molecule has 3 heteroatoms. The smallest absolute Gasteiger partial charge is 0.0905 e. The molecule has 0 aliphatic rings. The lowest BCUT2D eigenvalue weighted by Crippen LogP contribution is -2.49. The first-order chi connectivity index (χ1) is 7.29. The summed E-state index contributed by atoms with van der Waals surface area (Å²) in [6.45, 7) is 3.29. The zero-order valence-corrected chi connectivity index (χ0v) is 9.36. The van der Waals surface area contributed by atoms with E-state index in [9.17, 15) is 5.11 Å². The van der Waals surface area contributed by atoms with Gasteiger partial charge in [-0.2, -0.15) is 0 Å². The van der Waals surface area contributed by atoms with Crippen molar-refractivity contribution in [3.05, 3.63) is 35.9 Å². The van der Waals surface area contributed by atoms with Crippen molar-refractivity contribution in [3.8, 4) is 0 Å². The zero-order chi connectivity index (χ0) is 11.1. The molecule has 1 unspecified atom stereocenters. The van der Waals surface area contributed by atoms with Gasteiger partial charge >= 0.3 is 0 Å². The van der Waals surface area contributed by atoms with Gasteiger partial charge < -0.3 is 15.2 Å². The van der Waals surface area contributed by atoms with Crippen LogP contribution in [0.2, 0.25) is 0 Å². The van der Waals surface area contributed by atoms with E-state index in [0.717, 1.165) is 12.1 Å². The quantitative estimate of drug-likeness (QED) is 0.738. The maximum absolute atomic E-state index is 9.55. The van der Waals surface area contributed by atoms with E-state index >= 15 is 0 Å². The van der Waals surface area contributed by atoms with Crippen LogP contribution in [0.4, 0.5) is 0 Å². The van der Waals surface area contributed by atoms with Gasteiger partial charge in [0.05, 0.1) is 18.8 Å². The number of ether oxygens (including phenoxy) is 1. The molecule has 0 saturated carbocycles. The van der Waals surface area contributed by atoms with E-state index in [1.165, 1.54) is 0 Å². The van der Waals surface area contributed by atoms with Gasteiger partial charge in [0.1, 0.15) is 0 Å². The first kappa shape index (κ1) is 12.2. The molecule has 84 valence electrons. The predicted molar refractivity (Wildman–Crippen MR) is 60.8 cm³/mol. The summed E-state index contributed by atoms with van der Waals surface area (Å²) < 4.78 is 5.18. The van der Waals surface area contributed by atoms with Gasteiger partial charge in [-0.15, -0.1) is 0 Å². The molecular formula is C12H19NO2. The Bertz CT molecular complexity index is 268. The van der Waals surface area contributed by atoms with Gasteiger partial charge in [0, 0.05) is 7.11 Å². The molecule has 0 spiro atoms. The van der Waals surface area contributed by atoms with Crippen LogP contribution in [0.3, 0.4) is 0 Å². The van der Waals surface area contributed by atoms with Gasteiger partial charge in [0.25, 0.3) is 0 Å². The van der Waals surface area contributed by atoms with Crippen molar-refractivity contribution in [2.24, 2.45) is 0 Å². The van der Waals surface area contributed by atoms with Crippen LogP contribution in [0, 0.1) is 0 Å². The molecule has 1 atom stereocenters. The Morgan fingerprint density at radius 2 is 2.00 bits per heavy atom. The summed E-state index contributed by atoms with van der Waals surface area (Å²) >= 11 is 0. The Morgan fingerprint density at radius 1 is 1.33 bits per heavy atom. The van der Waals surface area contributed by atoms with Crippen LogP contribution in [0.5, 0.6) is 0 Å². The highest BCUT2D eigenvalue weighted by Gasteiger charge is 2.30. The Kier molecular flexibility index (Phi) is 4.75. The summed E-state index contributed by atoms with van der Waals surface area (Å²) in [5.74, 6) is 0. The molecule has 0 bridgehead atoms. The topological polar surface area (TPSA) is 41.5 Å². The predicted octanol–water partition coefficient (Wildman–Crippen LogP) is 1.13. The van der Waals surface area contributed by atoms with Crippen molar-refractivity contribution in [1.29, 1.82) is 0 Å². The minimum Gasteiger partial charge on any atom is -0.394 e. The number of methoxy groups -OCH3 is 1. The van der Waals surface area contributed by atoms with Crippen molar-refractivity contribution in [2.45, 2.75) is 12.5 Å². The largest absolute Gasteiger partial charge is 0.394 e. The normalized spacial score (nSPS) is 14.9. The Balaban J connectivity index is 2.97. The van der Waals surface area contributed by atoms with E-state index in [1.54, 1.807) is 7.11 Å². The molecule has 1 aromatic carbocycles. The molecule has 15 heavy (non-hydrogen) atoms. The minimum absolute atomic E-state index is 0.0265. The lowest BCUT2D eigenvalue weighted by atomic mass is 9.91. The monoisotopic (exact) mass is 209 g/mol. The number of aliphatic hydroxyl groups is 1. The van der Waals surface area contributed by atoms with Gasteiger partial charge in [0.2, 0.25) is 0 Å². The van der Waals surface area contributed by atoms with Gasteiger partial charge in [-0.25, -0.2) is 0 Å².